The predicted octanol–water partition coefficient (Wildman–Crippen LogP) is 2.46. The number of sulfonamides is 1. The molecule has 1 aliphatic heterocycles. The molecule has 144 valence electrons. The molecule has 1 atom stereocenters. The molecule has 6 nitrogen and oxygen atoms in total. The van der Waals surface area contributed by atoms with E-state index in [1.54, 1.807) is 19.2 Å². The number of benzene rings is 1. The number of hydrogen-bond donors (Lipinski definition) is 0. The van der Waals surface area contributed by atoms with Crippen molar-refractivity contribution in [3.05, 3.63) is 69.0 Å². The van der Waals surface area contributed by atoms with Crippen LogP contribution in [0.4, 0.5) is 0 Å². The van der Waals surface area contributed by atoms with E-state index >= 15 is 0 Å². The minimum Gasteiger partial charge on any atom is -0.489 e. The Hall–Kier alpha value is -2.38. The molecule has 0 aliphatic carbocycles. The summed E-state index contributed by atoms with van der Waals surface area (Å²) in [5, 5.41) is 1.24. The van der Waals surface area contributed by atoms with Gasteiger partial charge in [-0.15, -0.1) is 0 Å². The first-order valence-electron chi connectivity index (χ1n) is 8.84. The average Bonchev–Trinajstić information content (AvgIpc) is 3.08. The first-order valence-corrected chi connectivity index (χ1v) is 10.3. The van der Waals surface area contributed by atoms with Crippen molar-refractivity contribution in [1.82, 2.24) is 8.87 Å². The second-order valence-corrected chi connectivity index (χ2v) is 8.69. The summed E-state index contributed by atoms with van der Waals surface area (Å²) in [7, 11) is -1.81. The number of aromatic nitrogens is 1. The van der Waals surface area contributed by atoms with Crippen LogP contribution in [0, 0.1) is 13.8 Å². The number of rotatable bonds is 5. The molecule has 0 amide bonds. The van der Waals surface area contributed by atoms with Gasteiger partial charge in [0.25, 0.3) is 5.56 Å². The van der Waals surface area contributed by atoms with Crippen LogP contribution in [0.1, 0.15) is 23.2 Å². The van der Waals surface area contributed by atoms with Gasteiger partial charge in [-0.1, -0.05) is 29.8 Å². The van der Waals surface area contributed by atoms with Crippen molar-refractivity contribution >= 4 is 16.1 Å². The Kier molecular flexibility index (Phi) is 5.53. The van der Waals surface area contributed by atoms with Crippen molar-refractivity contribution in [2.75, 3.05) is 13.1 Å². The van der Waals surface area contributed by atoms with Gasteiger partial charge in [0.1, 0.15) is 11.9 Å². The quantitative estimate of drug-likeness (QED) is 0.789. The van der Waals surface area contributed by atoms with Crippen LogP contribution < -0.4 is 10.3 Å². The summed E-state index contributed by atoms with van der Waals surface area (Å²) in [6, 6.07) is 10.9. The molecule has 0 radical (unpaired) electrons. The van der Waals surface area contributed by atoms with Gasteiger partial charge in [-0.25, -0.2) is 8.42 Å². The van der Waals surface area contributed by atoms with E-state index in [0.717, 1.165) is 16.8 Å². The van der Waals surface area contributed by atoms with Gasteiger partial charge < -0.3 is 9.30 Å². The number of pyridine rings is 1. The normalized spacial score (nSPS) is 18.3. The Labute approximate surface area is 159 Å². The third-order valence-electron chi connectivity index (χ3n) is 4.76. The lowest BCUT2D eigenvalue weighted by molar-refractivity contribution is 0.215. The van der Waals surface area contributed by atoms with Gasteiger partial charge >= 0.3 is 0 Å². The van der Waals surface area contributed by atoms with Crippen LogP contribution in [0.5, 0.6) is 5.75 Å². The van der Waals surface area contributed by atoms with Crippen molar-refractivity contribution in [3.63, 3.8) is 0 Å². The van der Waals surface area contributed by atoms with Crippen LogP contribution in [0.3, 0.4) is 0 Å². The van der Waals surface area contributed by atoms with Crippen molar-refractivity contribution in [3.8, 4) is 5.75 Å². The van der Waals surface area contributed by atoms with Gasteiger partial charge in [0.05, 0.1) is 6.54 Å². The van der Waals surface area contributed by atoms with E-state index in [2.05, 4.69) is 0 Å². The van der Waals surface area contributed by atoms with Crippen LogP contribution in [-0.2, 0) is 17.1 Å². The lowest BCUT2D eigenvalue weighted by Gasteiger charge is -2.16. The molecular weight excluding hydrogens is 364 g/mol. The van der Waals surface area contributed by atoms with Crippen LogP contribution in [-0.4, -0.2) is 36.5 Å². The number of ether oxygens (including phenoxy) is 1. The highest BCUT2D eigenvalue weighted by Crippen LogP contribution is 2.21. The minimum absolute atomic E-state index is 0.145. The summed E-state index contributed by atoms with van der Waals surface area (Å²) in [6.07, 6.45) is 1.93. The Morgan fingerprint density at radius 1 is 1.15 bits per heavy atom. The molecule has 0 bridgehead atoms. The van der Waals surface area contributed by atoms with Crippen molar-refractivity contribution < 1.29 is 13.2 Å². The second-order valence-electron chi connectivity index (χ2n) is 6.87. The van der Waals surface area contributed by atoms with E-state index in [9.17, 15) is 13.2 Å². The SMILES string of the molecule is Cc1ccc(/C=C/S(=O)(=O)N2CCC(Oc3cc(C)n(C)c(=O)c3)C2)cc1. The fraction of sp³-hybridized carbons (Fsp3) is 0.350. The zero-order valence-electron chi connectivity index (χ0n) is 15.8. The van der Waals surface area contributed by atoms with Gasteiger partial charge in [-0.3, -0.25) is 4.79 Å². The Balaban J connectivity index is 1.66. The topological polar surface area (TPSA) is 68.6 Å². The maximum Gasteiger partial charge on any atom is 0.254 e. The molecule has 7 heteroatoms. The monoisotopic (exact) mass is 388 g/mol. The second kappa shape index (κ2) is 7.70. The van der Waals surface area contributed by atoms with Crippen LogP contribution in [0.2, 0.25) is 0 Å². The zero-order valence-corrected chi connectivity index (χ0v) is 16.6. The fourth-order valence-electron chi connectivity index (χ4n) is 2.95. The molecule has 27 heavy (non-hydrogen) atoms. The van der Waals surface area contributed by atoms with Gasteiger partial charge in [-0.05, 0) is 38.0 Å². The summed E-state index contributed by atoms with van der Waals surface area (Å²) >= 11 is 0. The van der Waals surface area contributed by atoms with E-state index in [4.69, 9.17) is 4.74 Å². The molecular formula is C20H24N2O4S. The molecule has 1 unspecified atom stereocenters. The molecule has 1 aromatic heterocycles. The molecule has 1 fully saturated rings. The zero-order chi connectivity index (χ0) is 19.6. The highest BCUT2D eigenvalue weighted by molar-refractivity contribution is 7.92. The molecule has 3 rings (SSSR count). The molecule has 1 aromatic carbocycles. The number of nitrogens with zero attached hydrogens (tertiary/aromatic N) is 2. The largest absolute Gasteiger partial charge is 0.489 e. The van der Waals surface area contributed by atoms with E-state index in [1.807, 2.05) is 38.1 Å². The van der Waals surface area contributed by atoms with E-state index < -0.39 is 10.0 Å². The first kappa shape index (κ1) is 19.4. The Morgan fingerprint density at radius 2 is 1.85 bits per heavy atom. The van der Waals surface area contributed by atoms with E-state index in [1.165, 1.54) is 20.3 Å². The average molecular weight is 388 g/mol. The lowest BCUT2D eigenvalue weighted by Crippen LogP contribution is -2.29. The molecule has 2 aromatic rings. The molecule has 0 N–H and O–H groups in total. The minimum atomic E-state index is -3.51. The summed E-state index contributed by atoms with van der Waals surface area (Å²) in [5.74, 6) is 0.482. The third-order valence-corrected chi connectivity index (χ3v) is 6.29. The number of hydrogen-bond acceptors (Lipinski definition) is 4. The Morgan fingerprint density at radius 3 is 2.52 bits per heavy atom. The molecule has 2 heterocycles. The van der Waals surface area contributed by atoms with Crippen molar-refractivity contribution in [2.45, 2.75) is 26.4 Å². The van der Waals surface area contributed by atoms with Crippen LogP contribution in [0.15, 0.2) is 46.6 Å². The van der Waals surface area contributed by atoms with Crippen molar-refractivity contribution in [2.24, 2.45) is 7.05 Å². The fourth-order valence-corrected chi connectivity index (χ4v) is 4.19. The summed E-state index contributed by atoms with van der Waals surface area (Å²) in [5.41, 5.74) is 2.61. The van der Waals surface area contributed by atoms with Gasteiger partial charge in [0, 0.05) is 30.8 Å². The van der Waals surface area contributed by atoms with E-state index in [-0.39, 0.29) is 18.2 Å². The molecule has 0 spiro atoms. The third kappa shape index (κ3) is 4.67. The molecule has 0 saturated carbocycles. The summed E-state index contributed by atoms with van der Waals surface area (Å²) in [6.45, 7) is 4.48. The first-order chi connectivity index (χ1) is 12.7. The highest BCUT2D eigenvalue weighted by Gasteiger charge is 2.31. The van der Waals surface area contributed by atoms with Gasteiger partial charge in [0.15, 0.2) is 0 Å². The molecule has 1 saturated heterocycles. The maximum absolute atomic E-state index is 12.6. The summed E-state index contributed by atoms with van der Waals surface area (Å²) in [4.78, 5) is 11.9. The Bertz CT molecular complexity index is 1010. The smallest absolute Gasteiger partial charge is 0.254 e. The summed E-state index contributed by atoms with van der Waals surface area (Å²) < 4.78 is 33.9. The highest BCUT2D eigenvalue weighted by atomic mass is 32.2. The van der Waals surface area contributed by atoms with Gasteiger partial charge in [-0.2, -0.15) is 4.31 Å². The molecule has 1 aliphatic rings. The lowest BCUT2D eigenvalue weighted by atomic mass is 10.2. The van der Waals surface area contributed by atoms with Crippen molar-refractivity contribution in [1.29, 1.82) is 0 Å². The predicted molar refractivity (Wildman–Crippen MR) is 106 cm³/mol. The van der Waals surface area contributed by atoms with Crippen LogP contribution in [0.25, 0.3) is 6.08 Å². The maximum atomic E-state index is 12.6. The van der Waals surface area contributed by atoms with Gasteiger partial charge in [0.2, 0.25) is 10.0 Å². The van der Waals surface area contributed by atoms with Crippen LogP contribution >= 0.6 is 0 Å². The van der Waals surface area contributed by atoms with E-state index in [0.29, 0.717) is 18.7 Å². The number of aryl methyl sites for hydroxylation is 2. The standard InChI is InChI=1S/C20H24N2O4S/c1-15-4-6-17(7-5-15)9-11-27(24,25)22-10-8-18(14-22)26-19-12-16(2)21(3)20(23)13-19/h4-7,9,11-13,18H,8,10,14H2,1-3H3/b11-9+.